The molecule has 2 atom stereocenters. The van der Waals surface area contributed by atoms with E-state index in [1.807, 2.05) is 30.3 Å². The number of methoxy groups -OCH3 is 1. The summed E-state index contributed by atoms with van der Waals surface area (Å²) in [7, 11) is 1.36. The Bertz CT molecular complexity index is 1550. The normalized spacial score (nSPS) is 22.1. The second-order valence-corrected chi connectivity index (χ2v) is 11.0. The first-order valence-corrected chi connectivity index (χ1v) is 12.9. The highest BCUT2D eigenvalue weighted by Crippen LogP contribution is 2.51. The van der Waals surface area contributed by atoms with Crippen molar-refractivity contribution in [2.24, 2.45) is 5.41 Å². The quantitative estimate of drug-likeness (QED) is 0.421. The van der Waals surface area contributed by atoms with Crippen molar-refractivity contribution in [2.45, 2.75) is 24.1 Å². The number of rotatable bonds is 5. The minimum absolute atomic E-state index is 0.0277. The maximum atomic E-state index is 14.2. The van der Waals surface area contributed by atoms with Crippen molar-refractivity contribution in [1.29, 1.82) is 5.26 Å². The predicted octanol–water partition coefficient (Wildman–Crippen LogP) is 5.63. The fourth-order valence-electron chi connectivity index (χ4n) is 4.90. The van der Waals surface area contributed by atoms with Gasteiger partial charge in [-0.05, 0) is 31.1 Å². The molecule has 2 aromatic carbocycles. The van der Waals surface area contributed by atoms with Gasteiger partial charge in [-0.1, -0.05) is 35.9 Å². The summed E-state index contributed by atoms with van der Waals surface area (Å²) in [5.41, 5.74) is 0.287. The summed E-state index contributed by atoms with van der Waals surface area (Å²) in [5, 5.41) is 10.8. The number of nitrogens with zero attached hydrogens (tertiary/aromatic N) is 4. The van der Waals surface area contributed by atoms with Gasteiger partial charge in [0.25, 0.3) is 5.91 Å². The van der Waals surface area contributed by atoms with E-state index in [1.54, 1.807) is 11.1 Å². The Morgan fingerprint density at radius 2 is 2.05 bits per heavy atom. The van der Waals surface area contributed by atoms with Crippen molar-refractivity contribution < 1.29 is 18.7 Å². The zero-order chi connectivity index (χ0) is 25.9. The van der Waals surface area contributed by atoms with Gasteiger partial charge in [-0.3, -0.25) is 9.78 Å². The summed E-state index contributed by atoms with van der Waals surface area (Å²) in [5.74, 6) is -0.947. The summed E-state index contributed by atoms with van der Waals surface area (Å²) in [6, 6.07) is 11.4. The van der Waals surface area contributed by atoms with Crippen molar-refractivity contribution in [2.75, 3.05) is 18.6 Å². The molecule has 2 fully saturated rings. The smallest absolute Gasteiger partial charge is 0.332 e. The minimum atomic E-state index is -0.673. The topological polar surface area (TPSA) is 86.5 Å². The Kier molecular flexibility index (Phi) is 5.62. The van der Waals surface area contributed by atoms with Gasteiger partial charge in [-0.2, -0.15) is 5.26 Å². The number of nitriles is 1. The van der Waals surface area contributed by atoms with Crippen LogP contribution in [0.1, 0.15) is 18.4 Å². The Morgan fingerprint density at radius 1 is 1.27 bits per heavy atom. The van der Waals surface area contributed by atoms with Crippen LogP contribution in [0.4, 0.5) is 14.9 Å². The fourth-order valence-corrected chi connectivity index (χ4v) is 6.57. The first kappa shape index (κ1) is 23.8. The molecule has 6 rings (SSSR count). The molecular weight excluding hydrogens is 515 g/mol. The number of pyridine rings is 1. The number of halogens is 2. The van der Waals surface area contributed by atoms with Crippen LogP contribution in [0, 0.1) is 22.6 Å². The summed E-state index contributed by atoms with van der Waals surface area (Å²) in [6.07, 6.45) is 6.40. The molecule has 3 heterocycles. The molecule has 3 aromatic rings. The lowest BCUT2D eigenvalue weighted by Gasteiger charge is -2.42. The Morgan fingerprint density at radius 3 is 2.78 bits per heavy atom. The maximum absolute atomic E-state index is 14.2. The predicted molar refractivity (Wildman–Crippen MR) is 140 cm³/mol. The van der Waals surface area contributed by atoms with Crippen molar-refractivity contribution in [3.8, 4) is 11.8 Å². The number of carbonyl (C=O) groups excluding carboxylic acids is 2. The Balaban J connectivity index is 1.45. The van der Waals surface area contributed by atoms with Gasteiger partial charge in [0.15, 0.2) is 11.6 Å². The van der Waals surface area contributed by atoms with E-state index in [1.165, 1.54) is 42.1 Å². The van der Waals surface area contributed by atoms with E-state index in [2.05, 4.69) is 11.1 Å². The van der Waals surface area contributed by atoms with E-state index < -0.39 is 28.6 Å². The third-order valence-electron chi connectivity index (χ3n) is 7.11. The molecule has 1 aliphatic carbocycles. The molecule has 2 unspecified atom stereocenters. The van der Waals surface area contributed by atoms with Crippen LogP contribution in [0.5, 0.6) is 5.75 Å². The first-order chi connectivity index (χ1) is 17.9. The fraction of sp³-hybridized carbons (Fsp3) is 0.259. The number of anilines is 1. The van der Waals surface area contributed by atoms with E-state index >= 15 is 0 Å². The number of fused-ring (bicyclic) bond motifs is 2. The molecule has 10 heteroatoms. The number of benzene rings is 2. The molecule has 7 nitrogen and oxygen atoms in total. The van der Waals surface area contributed by atoms with Gasteiger partial charge in [-0.15, -0.1) is 11.8 Å². The molecule has 1 aromatic heterocycles. The molecule has 3 amide bonds. The van der Waals surface area contributed by atoms with Crippen LogP contribution in [0.3, 0.4) is 0 Å². The van der Waals surface area contributed by atoms with Crippen LogP contribution < -0.4 is 9.64 Å². The number of hydrogen-bond donors (Lipinski definition) is 0. The highest BCUT2D eigenvalue weighted by molar-refractivity contribution is 8.09. The molecule has 0 bridgehead atoms. The van der Waals surface area contributed by atoms with Gasteiger partial charge >= 0.3 is 6.03 Å². The van der Waals surface area contributed by atoms with Crippen molar-refractivity contribution >= 4 is 56.7 Å². The molecule has 0 spiro atoms. The van der Waals surface area contributed by atoms with Crippen LogP contribution in [0.2, 0.25) is 5.02 Å². The molecule has 1 saturated heterocycles. The van der Waals surface area contributed by atoms with Gasteiger partial charge in [0, 0.05) is 34.0 Å². The van der Waals surface area contributed by atoms with Crippen molar-refractivity contribution in [1.82, 2.24) is 9.88 Å². The van der Waals surface area contributed by atoms with Gasteiger partial charge in [0.1, 0.15) is 5.25 Å². The molecular formula is C27H20ClFN4O3S. The second kappa shape index (κ2) is 8.75. The molecule has 186 valence electrons. The monoisotopic (exact) mass is 534 g/mol. The lowest BCUT2D eigenvalue weighted by Crippen LogP contribution is -2.63. The Labute approximate surface area is 221 Å². The van der Waals surface area contributed by atoms with E-state index in [9.17, 15) is 19.2 Å². The third kappa shape index (κ3) is 3.83. The molecule has 0 radical (unpaired) electrons. The zero-order valence-corrected chi connectivity index (χ0v) is 21.2. The van der Waals surface area contributed by atoms with E-state index in [0.29, 0.717) is 29.0 Å². The largest absolute Gasteiger partial charge is 0.494 e. The lowest BCUT2D eigenvalue weighted by molar-refractivity contribution is -0.119. The van der Waals surface area contributed by atoms with Crippen LogP contribution in [-0.2, 0) is 4.79 Å². The summed E-state index contributed by atoms with van der Waals surface area (Å²) >= 11 is 7.66. The Hall–Kier alpha value is -3.61. The van der Waals surface area contributed by atoms with E-state index in [4.69, 9.17) is 16.3 Å². The lowest BCUT2D eigenvalue weighted by atomic mass is 10.0. The van der Waals surface area contributed by atoms with Crippen LogP contribution >= 0.6 is 23.4 Å². The maximum Gasteiger partial charge on any atom is 0.332 e. The SMILES string of the molecule is COc1cc(C2=CC3C(S2)C(=O)N(c2cncc4ccccc24)C(=O)N3CC2(C#N)CC2)c(Cl)cc1F. The molecule has 2 aliphatic heterocycles. The standard InChI is InChI=1S/C27H20ClFN4O3S/c1-36-22-8-17(18(28)9-19(22)29)23-10-20-24(37-23)25(34)33(26(35)32(20)14-27(13-30)6-7-27)21-12-31-11-15-4-2-3-5-16(15)21/h2-5,8-12,20,24H,6-7,14H2,1H3. The minimum Gasteiger partial charge on any atom is -0.494 e. The summed E-state index contributed by atoms with van der Waals surface area (Å²) in [4.78, 5) is 35.6. The van der Waals surface area contributed by atoms with Crippen LogP contribution in [-0.4, -0.2) is 46.8 Å². The van der Waals surface area contributed by atoms with Crippen LogP contribution in [0.15, 0.2) is 54.9 Å². The summed E-state index contributed by atoms with van der Waals surface area (Å²) < 4.78 is 19.3. The van der Waals surface area contributed by atoms with Gasteiger partial charge < -0.3 is 9.64 Å². The van der Waals surface area contributed by atoms with Gasteiger partial charge in [0.05, 0.1) is 41.5 Å². The second-order valence-electron chi connectivity index (χ2n) is 9.38. The van der Waals surface area contributed by atoms with Crippen molar-refractivity contribution in [3.05, 3.63) is 71.3 Å². The third-order valence-corrected chi connectivity index (χ3v) is 8.76. The highest BCUT2D eigenvalue weighted by Gasteiger charge is 2.54. The molecule has 1 saturated carbocycles. The number of hydrogen-bond acceptors (Lipinski definition) is 6. The van der Waals surface area contributed by atoms with Crippen molar-refractivity contribution in [3.63, 3.8) is 0 Å². The first-order valence-electron chi connectivity index (χ1n) is 11.7. The van der Waals surface area contributed by atoms with Crippen LogP contribution in [0.25, 0.3) is 15.7 Å². The van der Waals surface area contributed by atoms with E-state index in [-0.39, 0.29) is 23.2 Å². The number of carbonyl (C=O) groups is 2. The number of amides is 3. The van der Waals surface area contributed by atoms with Gasteiger partial charge in [0.2, 0.25) is 0 Å². The average molecular weight is 535 g/mol. The number of imide groups is 1. The number of aromatic nitrogens is 1. The summed E-state index contributed by atoms with van der Waals surface area (Å²) in [6.45, 7) is 0.205. The number of ether oxygens (including phenoxy) is 1. The number of thioether (sulfide) groups is 1. The number of urea groups is 1. The molecule has 37 heavy (non-hydrogen) atoms. The van der Waals surface area contributed by atoms with Gasteiger partial charge in [-0.25, -0.2) is 14.1 Å². The average Bonchev–Trinajstić information content (AvgIpc) is 3.55. The zero-order valence-electron chi connectivity index (χ0n) is 19.6. The van der Waals surface area contributed by atoms with E-state index in [0.717, 1.165) is 10.8 Å². The molecule has 0 N–H and O–H groups in total. The molecule has 3 aliphatic rings. The highest BCUT2D eigenvalue weighted by atomic mass is 35.5.